The van der Waals surface area contributed by atoms with Gasteiger partial charge in [-0.1, -0.05) is 19.8 Å². The van der Waals surface area contributed by atoms with Crippen LogP contribution in [0.25, 0.3) is 0 Å². The predicted octanol–water partition coefficient (Wildman–Crippen LogP) is 3.61. The molecular weight excluding hydrogens is 192 g/mol. The molecule has 1 unspecified atom stereocenters. The van der Waals surface area contributed by atoms with Gasteiger partial charge in [0.1, 0.15) is 0 Å². The van der Waals surface area contributed by atoms with Gasteiger partial charge in [-0.05, 0) is 37.9 Å². The van der Waals surface area contributed by atoms with E-state index >= 15 is 0 Å². The Hall–Kier alpha value is -0.570. The molecule has 1 aromatic heterocycles. The van der Waals surface area contributed by atoms with Crippen LogP contribution in [0.3, 0.4) is 0 Å². The Kier molecular flexibility index (Phi) is 2.77. The Balaban J connectivity index is 2.20. The van der Waals surface area contributed by atoms with Crippen molar-refractivity contribution in [3.05, 3.63) is 16.7 Å². The van der Waals surface area contributed by atoms with Gasteiger partial charge in [0.25, 0.3) is 0 Å². The monoisotopic (exact) mass is 210 g/mol. The van der Waals surface area contributed by atoms with Crippen LogP contribution in [-0.4, -0.2) is 9.55 Å². The zero-order chi connectivity index (χ0) is 10.1. The molecule has 1 heterocycles. The summed E-state index contributed by atoms with van der Waals surface area (Å²) in [5, 5.41) is 0. The van der Waals surface area contributed by atoms with Crippen LogP contribution in [0.4, 0.5) is 0 Å². The van der Waals surface area contributed by atoms with Gasteiger partial charge < -0.3 is 9.55 Å². The summed E-state index contributed by atoms with van der Waals surface area (Å²) in [6.45, 7) is 4.38. The quantitative estimate of drug-likeness (QED) is 0.753. The van der Waals surface area contributed by atoms with Gasteiger partial charge in [-0.15, -0.1) is 0 Å². The maximum absolute atomic E-state index is 5.30. The van der Waals surface area contributed by atoms with Crippen LogP contribution in [0.15, 0.2) is 6.20 Å². The summed E-state index contributed by atoms with van der Waals surface area (Å²) < 4.78 is 3.17. The van der Waals surface area contributed by atoms with Crippen molar-refractivity contribution in [2.24, 2.45) is 5.92 Å². The average Bonchev–Trinajstić information content (AvgIpc) is 2.92. The minimum absolute atomic E-state index is 0.612. The first-order chi connectivity index (χ1) is 6.72. The summed E-state index contributed by atoms with van der Waals surface area (Å²) in [5.41, 5.74) is 1.27. The van der Waals surface area contributed by atoms with Crippen molar-refractivity contribution in [3.63, 3.8) is 0 Å². The average molecular weight is 210 g/mol. The van der Waals surface area contributed by atoms with E-state index in [-0.39, 0.29) is 0 Å². The van der Waals surface area contributed by atoms with Gasteiger partial charge in [-0.25, -0.2) is 0 Å². The summed E-state index contributed by atoms with van der Waals surface area (Å²) in [6, 6.07) is 0.612. The van der Waals surface area contributed by atoms with Crippen LogP contribution in [0.2, 0.25) is 0 Å². The fraction of sp³-hybridized carbons (Fsp3) is 0.727. The smallest absolute Gasteiger partial charge is 0.177 e. The number of imidazole rings is 1. The van der Waals surface area contributed by atoms with E-state index in [4.69, 9.17) is 12.2 Å². The molecule has 1 atom stereocenters. The normalized spacial score (nSPS) is 18.4. The summed E-state index contributed by atoms with van der Waals surface area (Å²) in [6.07, 6.45) is 7.35. The SMILES string of the molecule is CCC(CC1CC1)n1c(C)c[nH]c1=S. The van der Waals surface area contributed by atoms with Crippen molar-refractivity contribution in [1.82, 2.24) is 9.55 Å². The minimum atomic E-state index is 0.612. The maximum Gasteiger partial charge on any atom is 0.177 e. The van der Waals surface area contributed by atoms with Crippen LogP contribution in [0.1, 0.15) is 44.3 Å². The zero-order valence-electron chi connectivity index (χ0n) is 8.92. The molecule has 3 heteroatoms. The second kappa shape index (κ2) is 3.89. The van der Waals surface area contributed by atoms with E-state index < -0.39 is 0 Å². The van der Waals surface area contributed by atoms with Gasteiger partial charge in [0, 0.05) is 17.9 Å². The van der Waals surface area contributed by atoms with Gasteiger partial charge in [-0.2, -0.15) is 0 Å². The molecule has 0 aliphatic heterocycles. The van der Waals surface area contributed by atoms with Crippen molar-refractivity contribution < 1.29 is 0 Å². The maximum atomic E-state index is 5.30. The number of rotatable bonds is 4. The summed E-state index contributed by atoms with van der Waals surface area (Å²) in [5.74, 6) is 0.969. The molecule has 1 N–H and O–H groups in total. The van der Waals surface area contributed by atoms with E-state index in [1.165, 1.54) is 31.4 Å². The highest BCUT2D eigenvalue weighted by atomic mass is 32.1. The molecule has 0 bridgehead atoms. The van der Waals surface area contributed by atoms with Crippen LogP contribution < -0.4 is 0 Å². The van der Waals surface area contributed by atoms with Crippen LogP contribution in [0, 0.1) is 17.6 Å². The van der Waals surface area contributed by atoms with Crippen LogP contribution in [0.5, 0.6) is 0 Å². The highest BCUT2D eigenvalue weighted by Gasteiger charge is 2.26. The molecule has 1 aliphatic rings. The molecule has 2 rings (SSSR count). The number of hydrogen-bond donors (Lipinski definition) is 1. The molecule has 78 valence electrons. The number of aromatic nitrogens is 2. The number of hydrogen-bond acceptors (Lipinski definition) is 1. The third-order valence-electron chi connectivity index (χ3n) is 3.14. The molecule has 0 saturated heterocycles. The van der Waals surface area contributed by atoms with E-state index in [9.17, 15) is 0 Å². The molecule has 1 fully saturated rings. The molecule has 0 spiro atoms. The van der Waals surface area contributed by atoms with Crippen molar-refractivity contribution in [2.75, 3.05) is 0 Å². The fourth-order valence-corrected chi connectivity index (χ4v) is 2.46. The van der Waals surface area contributed by atoms with E-state index in [2.05, 4.69) is 23.4 Å². The van der Waals surface area contributed by atoms with Crippen molar-refractivity contribution >= 4 is 12.2 Å². The Morgan fingerprint density at radius 2 is 2.36 bits per heavy atom. The zero-order valence-corrected chi connectivity index (χ0v) is 9.73. The second-order valence-corrected chi connectivity index (χ2v) is 4.73. The molecule has 0 radical (unpaired) electrons. The highest BCUT2D eigenvalue weighted by Crippen LogP contribution is 2.38. The topological polar surface area (TPSA) is 20.7 Å². The van der Waals surface area contributed by atoms with E-state index in [1.807, 2.05) is 6.20 Å². The molecule has 14 heavy (non-hydrogen) atoms. The number of nitrogens with one attached hydrogen (secondary N) is 1. The van der Waals surface area contributed by atoms with E-state index in [0.717, 1.165) is 10.7 Å². The molecule has 1 saturated carbocycles. The highest BCUT2D eigenvalue weighted by molar-refractivity contribution is 7.71. The van der Waals surface area contributed by atoms with Crippen LogP contribution >= 0.6 is 12.2 Å². The van der Waals surface area contributed by atoms with Gasteiger partial charge in [-0.3, -0.25) is 0 Å². The third kappa shape index (κ3) is 1.92. The van der Waals surface area contributed by atoms with Crippen molar-refractivity contribution in [2.45, 2.75) is 45.6 Å². The van der Waals surface area contributed by atoms with E-state index in [0.29, 0.717) is 6.04 Å². The molecule has 0 aromatic carbocycles. The summed E-state index contributed by atoms with van der Waals surface area (Å²) in [4.78, 5) is 3.12. The fourth-order valence-electron chi connectivity index (χ4n) is 2.11. The van der Waals surface area contributed by atoms with Gasteiger partial charge in [0.15, 0.2) is 4.77 Å². The lowest BCUT2D eigenvalue weighted by Gasteiger charge is -2.18. The minimum Gasteiger partial charge on any atom is -0.337 e. The van der Waals surface area contributed by atoms with Gasteiger partial charge in [0.05, 0.1) is 0 Å². The van der Waals surface area contributed by atoms with Crippen LogP contribution in [-0.2, 0) is 0 Å². The summed E-state index contributed by atoms with van der Waals surface area (Å²) >= 11 is 5.30. The molecular formula is C11H18N2S. The third-order valence-corrected chi connectivity index (χ3v) is 3.46. The Bertz CT molecular complexity index is 360. The Morgan fingerprint density at radius 3 is 2.79 bits per heavy atom. The number of aryl methyl sites for hydroxylation is 1. The Morgan fingerprint density at radius 1 is 1.64 bits per heavy atom. The number of H-pyrrole nitrogens is 1. The second-order valence-electron chi connectivity index (χ2n) is 4.35. The molecule has 1 aliphatic carbocycles. The van der Waals surface area contributed by atoms with Crippen molar-refractivity contribution in [3.8, 4) is 0 Å². The lowest BCUT2D eigenvalue weighted by atomic mass is 10.1. The largest absolute Gasteiger partial charge is 0.337 e. The van der Waals surface area contributed by atoms with E-state index in [1.54, 1.807) is 0 Å². The van der Waals surface area contributed by atoms with Gasteiger partial charge >= 0.3 is 0 Å². The first-order valence-corrected chi connectivity index (χ1v) is 5.89. The molecule has 1 aromatic rings. The number of nitrogens with zero attached hydrogens (tertiary/aromatic N) is 1. The first kappa shape index (κ1) is 9.97. The lowest BCUT2D eigenvalue weighted by molar-refractivity contribution is 0.418. The lowest BCUT2D eigenvalue weighted by Crippen LogP contribution is -2.10. The van der Waals surface area contributed by atoms with Gasteiger partial charge in [0.2, 0.25) is 0 Å². The summed E-state index contributed by atoms with van der Waals surface area (Å²) in [7, 11) is 0. The predicted molar refractivity (Wildman–Crippen MR) is 61.0 cm³/mol. The number of aromatic amines is 1. The molecule has 2 nitrogen and oxygen atoms in total. The standard InChI is InChI=1S/C11H18N2S/c1-3-10(6-9-4-5-9)13-8(2)7-12-11(13)14/h7,9-10H,3-6H2,1-2H3,(H,12,14). The Labute approximate surface area is 90.3 Å². The molecule has 0 amide bonds. The first-order valence-electron chi connectivity index (χ1n) is 5.49. The van der Waals surface area contributed by atoms with Crippen molar-refractivity contribution in [1.29, 1.82) is 0 Å².